The van der Waals surface area contributed by atoms with Crippen LogP contribution >= 0.6 is 0 Å². The van der Waals surface area contributed by atoms with Crippen molar-refractivity contribution in [2.75, 3.05) is 7.05 Å². The minimum Gasteiger partial charge on any atom is -0.632 e. The standard InChI is InChI=1S/C14H27NO/c1-11-6-7-12(2)14(4)10-13(3,9-8-11)15(14,5)16/h11-12H,6-10H2,1-5H3. The van der Waals surface area contributed by atoms with Crippen LogP contribution in [-0.2, 0) is 0 Å². The Bertz CT molecular complexity index is 286. The lowest BCUT2D eigenvalue weighted by Crippen LogP contribution is -2.81. The SMILES string of the molecule is CC1CCC(C)C2(C)CC(C)(CC1)[N+]2(C)[O-]. The molecule has 0 aromatic rings. The van der Waals surface area contributed by atoms with Crippen molar-refractivity contribution < 1.29 is 4.65 Å². The molecule has 2 saturated heterocycles. The third-order valence-electron chi connectivity index (χ3n) is 6.07. The highest BCUT2D eigenvalue weighted by molar-refractivity contribution is 5.03. The predicted molar refractivity (Wildman–Crippen MR) is 67.8 cm³/mol. The van der Waals surface area contributed by atoms with Gasteiger partial charge in [-0.1, -0.05) is 20.3 Å². The minimum absolute atomic E-state index is 0.00606. The first-order valence-corrected chi connectivity index (χ1v) is 6.81. The number of quaternary nitrogens is 1. The van der Waals surface area contributed by atoms with E-state index in [4.69, 9.17) is 0 Å². The number of hydrogen-bond donors (Lipinski definition) is 0. The van der Waals surface area contributed by atoms with Crippen LogP contribution in [0.3, 0.4) is 0 Å². The highest BCUT2D eigenvalue weighted by Crippen LogP contribution is 2.57. The molecule has 0 aromatic carbocycles. The van der Waals surface area contributed by atoms with E-state index in [1.54, 1.807) is 0 Å². The molecule has 2 aliphatic heterocycles. The van der Waals surface area contributed by atoms with Gasteiger partial charge in [-0.2, -0.15) is 0 Å². The Morgan fingerprint density at radius 1 is 1.12 bits per heavy atom. The smallest absolute Gasteiger partial charge is 0.105 e. The molecule has 0 radical (unpaired) electrons. The number of hydrogen-bond acceptors (Lipinski definition) is 1. The summed E-state index contributed by atoms with van der Waals surface area (Å²) in [6.45, 7) is 9.04. The maximum absolute atomic E-state index is 12.9. The summed E-state index contributed by atoms with van der Waals surface area (Å²) in [6, 6.07) is 0. The Morgan fingerprint density at radius 3 is 2.31 bits per heavy atom. The monoisotopic (exact) mass is 225 g/mol. The number of hydroxylamine groups is 3. The zero-order chi connectivity index (χ0) is 12.2. The second-order valence-electron chi connectivity index (χ2n) is 7.08. The lowest BCUT2D eigenvalue weighted by atomic mass is 9.63. The molecule has 1 saturated carbocycles. The molecule has 3 fully saturated rings. The van der Waals surface area contributed by atoms with E-state index in [0.29, 0.717) is 5.92 Å². The van der Waals surface area contributed by atoms with Gasteiger partial charge in [0.2, 0.25) is 0 Å². The average Bonchev–Trinajstić information content (AvgIpc) is 2.26. The Hall–Kier alpha value is -0.0800. The van der Waals surface area contributed by atoms with Crippen LogP contribution in [0.1, 0.15) is 59.8 Å². The van der Waals surface area contributed by atoms with Crippen LogP contribution in [-0.4, -0.2) is 22.8 Å². The fourth-order valence-corrected chi connectivity index (χ4v) is 4.04. The molecule has 16 heavy (non-hydrogen) atoms. The van der Waals surface area contributed by atoms with Gasteiger partial charge in [0.05, 0.1) is 13.5 Å². The van der Waals surface area contributed by atoms with Crippen molar-refractivity contribution >= 4 is 0 Å². The molecular formula is C14H27NO. The number of nitrogens with zero attached hydrogens (tertiary/aromatic N) is 1. The van der Waals surface area contributed by atoms with Crippen molar-refractivity contribution in [1.82, 2.24) is 0 Å². The summed E-state index contributed by atoms with van der Waals surface area (Å²) in [7, 11) is 1.91. The molecule has 0 aromatic heterocycles. The first-order valence-electron chi connectivity index (χ1n) is 6.81. The summed E-state index contributed by atoms with van der Waals surface area (Å²) in [5, 5.41) is 12.9. The Kier molecular flexibility index (Phi) is 2.67. The van der Waals surface area contributed by atoms with Crippen LogP contribution in [0, 0.1) is 17.0 Å². The van der Waals surface area contributed by atoms with Crippen molar-refractivity contribution in [1.29, 1.82) is 0 Å². The van der Waals surface area contributed by atoms with E-state index < -0.39 is 0 Å². The van der Waals surface area contributed by atoms with Crippen LogP contribution < -0.4 is 0 Å². The highest BCUT2D eigenvalue weighted by Gasteiger charge is 2.65. The van der Waals surface area contributed by atoms with Crippen LogP contribution in [0.15, 0.2) is 0 Å². The Morgan fingerprint density at radius 2 is 1.75 bits per heavy atom. The summed E-state index contributed by atoms with van der Waals surface area (Å²) in [4.78, 5) is 0. The van der Waals surface area contributed by atoms with Gasteiger partial charge >= 0.3 is 0 Å². The fourth-order valence-electron chi connectivity index (χ4n) is 4.04. The van der Waals surface area contributed by atoms with Crippen molar-refractivity contribution in [3.63, 3.8) is 0 Å². The van der Waals surface area contributed by atoms with Crippen LogP contribution in [0.5, 0.6) is 0 Å². The van der Waals surface area contributed by atoms with Gasteiger partial charge in [0.25, 0.3) is 0 Å². The van der Waals surface area contributed by atoms with E-state index in [1.165, 1.54) is 19.3 Å². The second-order valence-corrected chi connectivity index (χ2v) is 7.08. The molecule has 0 spiro atoms. The first-order chi connectivity index (χ1) is 7.23. The van der Waals surface area contributed by atoms with Gasteiger partial charge in [-0.3, -0.25) is 0 Å². The maximum Gasteiger partial charge on any atom is 0.105 e. The van der Waals surface area contributed by atoms with E-state index in [1.807, 2.05) is 7.05 Å². The summed E-state index contributed by atoms with van der Waals surface area (Å²) in [5.74, 6) is 1.35. The Labute approximate surface area is 100 Å². The zero-order valence-electron chi connectivity index (χ0n) is 11.5. The molecule has 2 heterocycles. The minimum atomic E-state index is -0.0290. The predicted octanol–water partition coefficient (Wildman–Crippen LogP) is 3.70. The first kappa shape index (κ1) is 12.4. The number of rotatable bonds is 0. The van der Waals surface area contributed by atoms with Gasteiger partial charge in [-0.25, -0.2) is 0 Å². The molecule has 1 aliphatic carbocycles. The molecule has 2 nitrogen and oxygen atoms in total. The second kappa shape index (κ2) is 3.46. The van der Waals surface area contributed by atoms with Gasteiger partial charge in [-0.05, 0) is 32.6 Å². The summed E-state index contributed by atoms with van der Waals surface area (Å²) < 4.78 is -0.00606. The van der Waals surface area contributed by atoms with Crippen LogP contribution in [0.2, 0.25) is 0 Å². The van der Waals surface area contributed by atoms with Gasteiger partial charge in [0.1, 0.15) is 11.1 Å². The Balaban J connectivity index is 2.29. The van der Waals surface area contributed by atoms with E-state index in [0.717, 1.165) is 18.8 Å². The summed E-state index contributed by atoms with van der Waals surface area (Å²) in [5.41, 5.74) is -0.0412. The van der Waals surface area contributed by atoms with Gasteiger partial charge in [0.15, 0.2) is 0 Å². The van der Waals surface area contributed by atoms with Crippen LogP contribution in [0.25, 0.3) is 0 Å². The molecule has 0 amide bonds. The molecule has 2 heteroatoms. The third-order valence-corrected chi connectivity index (χ3v) is 6.07. The van der Waals surface area contributed by atoms with E-state index in [2.05, 4.69) is 27.7 Å². The maximum atomic E-state index is 12.9. The van der Waals surface area contributed by atoms with Crippen LogP contribution in [0.4, 0.5) is 0 Å². The largest absolute Gasteiger partial charge is 0.632 e. The van der Waals surface area contributed by atoms with Crippen molar-refractivity contribution in [2.45, 2.75) is 70.9 Å². The highest BCUT2D eigenvalue weighted by atomic mass is 16.6. The molecule has 5 unspecified atom stereocenters. The lowest BCUT2D eigenvalue weighted by molar-refractivity contribution is -1.01. The summed E-state index contributed by atoms with van der Waals surface area (Å²) in [6.07, 6.45) is 5.98. The zero-order valence-corrected chi connectivity index (χ0v) is 11.5. The molecule has 5 atom stereocenters. The summed E-state index contributed by atoms with van der Waals surface area (Å²) >= 11 is 0. The topological polar surface area (TPSA) is 23.1 Å². The molecule has 94 valence electrons. The molecular weight excluding hydrogens is 198 g/mol. The molecule has 3 aliphatic rings. The van der Waals surface area contributed by atoms with Gasteiger partial charge in [0, 0.05) is 12.3 Å². The quantitative estimate of drug-likeness (QED) is 0.455. The fraction of sp³-hybridized carbons (Fsp3) is 1.00. The lowest BCUT2D eigenvalue weighted by Gasteiger charge is -2.74. The van der Waals surface area contributed by atoms with E-state index >= 15 is 0 Å². The molecule has 0 N–H and O–H groups in total. The number of fused-ring (bicyclic) bond motifs is 5. The van der Waals surface area contributed by atoms with Gasteiger partial charge in [-0.15, -0.1) is 0 Å². The van der Waals surface area contributed by atoms with E-state index in [-0.39, 0.29) is 15.7 Å². The van der Waals surface area contributed by atoms with E-state index in [9.17, 15) is 5.21 Å². The van der Waals surface area contributed by atoms with Crippen molar-refractivity contribution in [3.8, 4) is 0 Å². The third kappa shape index (κ3) is 1.39. The average molecular weight is 225 g/mol. The normalized spacial score (nSPS) is 58.1. The van der Waals surface area contributed by atoms with Crippen molar-refractivity contribution in [2.24, 2.45) is 11.8 Å². The van der Waals surface area contributed by atoms with Gasteiger partial charge < -0.3 is 9.85 Å². The molecule has 2 bridgehead atoms. The molecule has 3 rings (SSSR count). The van der Waals surface area contributed by atoms with Crippen molar-refractivity contribution in [3.05, 3.63) is 5.21 Å².